The lowest BCUT2D eigenvalue weighted by atomic mass is 10.0. The number of nitrogens with one attached hydrogen (secondary N) is 1. The van der Waals surface area contributed by atoms with Crippen LogP contribution in [0, 0.1) is 0 Å². The molecule has 6 heteroatoms. The molecular formula is C76H145NO5. The van der Waals surface area contributed by atoms with E-state index in [2.05, 4.69) is 55.6 Å². The quantitative estimate of drug-likeness (QED) is 0.0320. The molecule has 82 heavy (non-hydrogen) atoms. The van der Waals surface area contributed by atoms with Crippen LogP contribution in [0.3, 0.4) is 0 Å². The number of hydrogen-bond donors (Lipinski definition) is 3. The molecule has 2 atom stereocenters. The van der Waals surface area contributed by atoms with E-state index in [-0.39, 0.29) is 18.5 Å². The molecule has 0 spiro atoms. The molecule has 0 aromatic rings. The first-order valence-corrected chi connectivity index (χ1v) is 37.2. The van der Waals surface area contributed by atoms with E-state index in [9.17, 15) is 19.8 Å². The average molecular weight is 1150 g/mol. The first kappa shape index (κ1) is 80.1. The van der Waals surface area contributed by atoms with Gasteiger partial charge >= 0.3 is 5.97 Å². The van der Waals surface area contributed by atoms with Gasteiger partial charge in [0.1, 0.15) is 0 Å². The number of aliphatic hydroxyl groups excluding tert-OH is 2. The van der Waals surface area contributed by atoms with Crippen molar-refractivity contribution in [3.63, 3.8) is 0 Å². The molecule has 0 aliphatic carbocycles. The first-order chi connectivity index (χ1) is 40.5. The number of ether oxygens (including phenoxy) is 1. The zero-order valence-electron chi connectivity index (χ0n) is 55.5. The summed E-state index contributed by atoms with van der Waals surface area (Å²) in [6.45, 7) is 4.96. The third-order valence-corrected chi connectivity index (χ3v) is 17.4. The third-order valence-electron chi connectivity index (χ3n) is 17.4. The van der Waals surface area contributed by atoms with Gasteiger partial charge in [-0.1, -0.05) is 352 Å². The second-order valence-electron chi connectivity index (χ2n) is 25.6. The number of esters is 1. The molecule has 0 rings (SSSR count). The fourth-order valence-corrected chi connectivity index (χ4v) is 11.7. The third kappa shape index (κ3) is 67.2. The average Bonchev–Trinajstić information content (AvgIpc) is 3.48. The summed E-state index contributed by atoms with van der Waals surface area (Å²) >= 11 is 0. The second kappa shape index (κ2) is 71.6. The lowest BCUT2D eigenvalue weighted by molar-refractivity contribution is -0.143. The molecule has 484 valence electrons. The molecule has 1 amide bonds. The molecular weight excluding hydrogens is 1010 g/mol. The lowest BCUT2D eigenvalue weighted by Gasteiger charge is -2.22. The van der Waals surface area contributed by atoms with Crippen molar-refractivity contribution in [3.8, 4) is 0 Å². The van der Waals surface area contributed by atoms with E-state index in [1.54, 1.807) is 0 Å². The molecule has 0 saturated heterocycles. The van der Waals surface area contributed by atoms with Crippen LogP contribution in [0.2, 0.25) is 0 Å². The maximum atomic E-state index is 12.6. The number of rotatable bonds is 70. The van der Waals surface area contributed by atoms with Crippen molar-refractivity contribution in [2.75, 3.05) is 13.2 Å². The topological polar surface area (TPSA) is 95.9 Å². The number of unbranched alkanes of at least 4 members (excludes halogenated alkanes) is 53. The number of amides is 1. The molecule has 0 heterocycles. The van der Waals surface area contributed by atoms with Crippen molar-refractivity contribution in [2.45, 2.75) is 424 Å². The van der Waals surface area contributed by atoms with Crippen LogP contribution in [0.1, 0.15) is 412 Å². The molecule has 0 radical (unpaired) electrons. The zero-order valence-corrected chi connectivity index (χ0v) is 55.5. The molecule has 0 saturated carbocycles. The Morgan fingerprint density at radius 3 is 0.963 bits per heavy atom. The summed E-state index contributed by atoms with van der Waals surface area (Å²) in [5.74, 6) is -0.0235. The van der Waals surface area contributed by atoms with Gasteiger partial charge in [0.05, 0.1) is 25.4 Å². The van der Waals surface area contributed by atoms with Crippen LogP contribution in [-0.4, -0.2) is 47.4 Å². The van der Waals surface area contributed by atoms with Gasteiger partial charge in [0.15, 0.2) is 0 Å². The van der Waals surface area contributed by atoms with Gasteiger partial charge in [-0.25, -0.2) is 0 Å². The molecule has 0 aromatic carbocycles. The van der Waals surface area contributed by atoms with Gasteiger partial charge < -0.3 is 20.3 Å². The van der Waals surface area contributed by atoms with Gasteiger partial charge in [0.25, 0.3) is 0 Å². The van der Waals surface area contributed by atoms with Gasteiger partial charge in [-0.3, -0.25) is 9.59 Å². The van der Waals surface area contributed by atoms with Gasteiger partial charge in [-0.15, -0.1) is 0 Å². The summed E-state index contributed by atoms with van der Waals surface area (Å²) in [4.78, 5) is 24.7. The summed E-state index contributed by atoms with van der Waals surface area (Å²) in [5, 5.41) is 23.4. The smallest absolute Gasteiger partial charge is 0.305 e. The number of aliphatic hydroxyl groups is 2. The fraction of sp³-hybridized carbons (Fsp3) is 0.895. The molecule has 6 nitrogen and oxygen atoms in total. The van der Waals surface area contributed by atoms with Crippen LogP contribution in [-0.2, 0) is 14.3 Å². The predicted octanol–water partition coefficient (Wildman–Crippen LogP) is 24.3. The van der Waals surface area contributed by atoms with E-state index < -0.39 is 12.1 Å². The molecule has 0 aromatic heterocycles. The number of allylic oxidation sites excluding steroid dienone is 6. The SMILES string of the molecule is CCCCC/C=C\C/C=C\CCCCCCCCCC(=O)OCCCCCCCCCCCCCC/C=C\CCCCCCCCCCCCCC(=O)NC(CO)C(O)CCCCCCCCCCCCCCCCCCCCCCC. The minimum absolute atomic E-state index is 0.00803. The van der Waals surface area contributed by atoms with E-state index >= 15 is 0 Å². The number of carbonyl (C=O) groups is 2. The Morgan fingerprint density at radius 2 is 0.610 bits per heavy atom. The van der Waals surface area contributed by atoms with Crippen LogP contribution in [0.15, 0.2) is 36.5 Å². The van der Waals surface area contributed by atoms with Gasteiger partial charge in [0, 0.05) is 12.8 Å². The number of hydrogen-bond acceptors (Lipinski definition) is 5. The van der Waals surface area contributed by atoms with Crippen LogP contribution in [0.4, 0.5) is 0 Å². The molecule has 0 bridgehead atoms. The van der Waals surface area contributed by atoms with Crippen LogP contribution >= 0.6 is 0 Å². The standard InChI is InChI=1S/C76H145NO5/c1-3-5-7-9-11-13-15-17-19-21-22-30-33-37-40-44-48-52-56-60-64-68-74(79)73(72-78)77-75(80)69-65-61-57-53-49-45-41-38-34-31-28-26-24-23-25-27-29-32-35-39-43-47-51-55-59-63-67-71-82-76(81)70-66-62-58-54-50-46-42-36-20-18-16-14-12-10-8-6-4-2/h12,14,18,20,23-24,73-74,78-79H,3-11,13,15-17,19,21-22,25-72H2,1-2H3,(H,77,80)/b14-12-,20-18-,24-23-. The van der Waals surface area contributed by atoms with Crippen LogP contribution in [0.25, 0.3) is 0 Å². The zero-order chi connectivity index (χ0) is 59.2. The Labute approximate surface area is 513 Å². The predicted molar refractivity (Wildman–Crippen MR) is 361 cm³/mol. The molecule has 3 N–H and O–H groups in total. The number of carbonyl (C=O) groups excluding carboxylic acids is 2. The second-order valence-corrected chi connectivity index (χ2v) is 25.6. The Bertz CT molecular complexity index is 1330. The van der Waals surface area contributed by atoms with Crippen LogP contribution < -0.4 is 5.32 Å². The minimum atomic E-state index is -0.666. The van der Waals surface area contributed by atoms with Crippen LogP contribution in [0.5, 0.6) is 0 Å². The van der Waals surface area contributed by atoms with Crippen molar-refractivity contribution < 1.29 is 24.5 Å². The summed E-state index contributed by atoms with van der Waals surface area (Å²) in [7, 11) is 0. The highest BCUT2D eigenvalue weighted by atomic mass is 16.5. The van der Waals surface area contributed by atoms with Crippen molar-refractivity contribution in [1.29, 1.82) is 0 Å². The molecule has 0 fully saturated rings. The Kier molecular flexibility index (Phi) is 69.9. The summed E-state index contributed by atoms with van der Waals surface area (Å²) in [6.07, 6.45) is 92.0. The maximum absolute atomic E-state index is 12.6. The summed E-state index contributed by atoms with van der Waals surface area (Å²) in [5.41, 5.74) is 0. The fourth-order valence-electron chi connectivity index (χ4n) is 11.7. The molecule has 0 aliphatic rings. The van der Waals surface area contributed by atoms with E-state index in [0.717, 1.165) is 51.4 Å². The van der Waals surface area contributed by atoms with Gasteiger partial charge in [-0.05, 0) is 83.5 Å². The highest BCUT2D eigenvalue weighted by Crippen LogP contribution is 2.19. The Balaban J connectivity index is 3.38. The largest absolute Gasteiger partial charge is 0.466 e. The lowest BCUT2D eigenvalue weighted by Crippen LogP contribution is -2.45. The Hall–Kier alpha value is -1.92. The van der Waals surface area contributed by atoms with Gasteiger partial charge in [0.2, 0.25) is 5.91 Å². The Morgan fingerprint density at radius 1 is 0.341 bits per heavy atom. The summed E-state index contributed by atoms with van der Waals surface area (Å²) in [6, 6.07) is -0.544. The van der Waals surface area contributed by atoms with Crippen molar-refractivity contribution in [3.05, 3.63) is 36.5 Å². The van der Waals surface area contributed by atoms with Crippen molar-refractivity contribution in [1.82, 2.24) is 5.32 Å². The highest BCUT2D eigenvalue weighted by Gasteiger charge is 2.20. The van der Waals surface area contributed by atoms with E-state index in [1.165, 1.54) is 327 Å². The minimum Gasteiger partial charge on any atom is -0.466 e. The molecule has 0 aliphatic heterocycles. The normalized spacial score (nSPS) is 12.7. The van der Waals surface area contributed by atoms with Crippen molar-refractivity contribution >= 4 is 11.9 Å². The maximum Gasteiger partial charge on any atom is 0.305 e. The highest BCUT2D eigenvalue weighted by molar-refractivity contribution is 5.76. The van der Waals surface area contributed by atoms with E-state index in [1.807, 2.05) is 0 Å². The van der Waals surface area contributed by atoms with E-state index in [0.29, 0.717) is 25.9 Å². The monoisotopic (exact) mass is 1150 g/mol. The van der Waals surface area contributed by atoms with E-state index in [4.69, 9.17) is 4.74 Å². The first-order valence-electron chi connectivity index (χ1n) is 37.2. The summed E-state index contributed by atoms with van der Waals surface area (Å²) < 4.78 is 5.50. The molecule has 2 unspecified atom stereocenters. The van der Waals surface area contributed by atoms with Gasteiger partial charge in [-0.2, -0.15) is 0 Å². The van der Waals surface area contributed by atoms with Crippen molar-refractivity contribution in [2.24, 2.45) is 0 Å².